The summed E-state index contributed by atoms with van der Waals surface area (Å²) in [6, 6.07) is 4.64. The number of carbonyl (C=O) groups excluding carboxylic acids is 1. The van der Waals surface area contributed by atoms with Crippen molar-refractivity contribution < 1.29 is 9.72 Å². The van der Waals surface area contributed by atoms with Crippen LogP contribution >= 0.6 is 15.9 Å². The smallest absolute Gasteiger partial charge is 0.258 e. The van der Waals surface area contributed by atoms with Gasteiger partial charge in [-0.2, -0.15) is 4.99 Å². The Kier molecular flexibility index (Phi) is 3.57. The van der Waals surface area contributed by atoms with E-state index in [0.717, 1.165) is 0 Å². The lowest BCUT2D eigenvalue weighted by molar-refractivity contribution is -0.385. The van der Waals surface area contributed by atoms with Gasteiger partial charge in [-0.15, -0.1) is 0 Å². The molecule has 5 nitrogen and oxygen atoms in total. The summed E-state index contributed by atoms with van der Waals surface area (Å²) in [7, 11) is 0. The Morgan fingerprint density at radius 3 is 2.62 bits per heavy atom. The average molecular weight is 285 g/mol. The second-order valence-electron chi connectivity index (χ2n) is 3.69. The van der Waals surface area contributed by atoms with Crippen molar-refractivity contribution in [2.24, 2.45) is 4.99 Å². The number of hydrogen-bond acceptors (Lipinski definition) is 4. The molecule has 1 rings (SSSR count). The number of nitrogens with zero attached hydrogens (tertiary/aromatic N) is 2. The molecular formula is C10H9BrN2O3. The van der Waals surface area contributed by atoms with Gasteiger partial charge in [-0.05, 0) is 41.4 Å². The largest absolute Gasteiger partial charge is 0.283 e. The van der Waals surface area contributed by atoms with Gasteiger partial charge >= 0.3 is 0 Å². The number of nitro groups is 1. The van der Waals surface area contributed by atoms with Crippen LogP contribution in [0, 0.1) is 10.1 Å². The van der Waals surface area contributed by atoms with Crippen LogP contribution in [0.4, 0.5) is 5.69 Å². The summed E-state index contributed by atoms with van der Waals surface area (Å²) in [6.45, 7) is 3.37. The first-order valence-corrected chi connectivity index (χ1v) is 5.21. The van der Waals surface area contributed by atoms with Crippen LogP contribution in [-0.4, -0.2) is 11.0 Å². The van der Waals surface area contributed by atoms with E-state index in [-0.39, 0.29) is 5.69 Å². The first kappa shape index (κ1) is 12.5. The maximum Gasteiger partial charge on any atom is 0.283 e. The first-order valence-electron chi connectivity index (χ1n) is 4.42. The fraction of sp³-hybridized carbons (Fsp3) is 0.300. The topological polar surface area (TPSA) is 72.6 Å². The van der Waals surface area contributed by atoms with Crippen LogP contribution in [0.2, 0.25) is 0 Å². The summed E-state index contributed by atoms with van der Waals surface area (Å²) < 4.78 is 0.395. The molecule has 16 heavy (non-hydrogen) atoms. The van der Waals surface area contributed by atoms with Crippen molar-refractivity contribution in [3.8, 4) is 0 Å². The summed E-state index contributed by atoms with van der Waals surface area (Å²) in [4.78, 5) is 24.1. The fourth-order valence-electron chi connectivity index (χ4n) is 1.21. The molecule has 1 aromatic carbocycles. The van der Waals surface area contributed by atoms with Crippen LogP contribution in [0.25, 0.3) is 0 Å². The first-order chi connectivity index (χ1) is 7.38. The van der Waals surface area contributed by atoms with Gasteiger partial charge in [-0.3, -0.25) is 10.1 Å². The van der Waals surface area contributed by atoms with Gasteiger partial charge in [0, 0.05) is 6.07 Å². The predicted octanol–water partition coefficient (Wildman–Crippen LogP) is 2.93. The minimum Gasteiger partial charge on any atom is -0.258 e. The number of nitro benzene ring substituents is 1. The summed E-state index contributed by atoms with van der Waals surface area (Å²) in [5.41, 5.74) is -0.273. The third-order valence-corrected chi connectivity index (χ3v) is 2.85. The molecule has 0 bridgehead atoms. The lowest BCUT2D eigenvalue weighted by Gasteiger charge is -2.17. The Labute approximate surface area is 100 Å². The molecule has 0 heterocycles. The molecule has 0 N–H and O–H groups in total. The van der Waals surface area contributed by atoms with E-state index in [9.17, 15) is 14.9 Å². The maximum atomic E-state index is 10.7. The summed E-state index contributed by atoms with van der Waals surface area (Å²) in [5, 5.41) is 10.7. The molecule has 84 valence electrons. The Morgan fingerprint density at radius 2 is 2.12 bits per heavy atom. The Morgan fingerprint density at radius 1 is 1.50 bits per heavy atom. The van der Waals surface area contributed by atoms with Crippen molar-refractivity contribution >= 4 is 27.7 Å². The number of halogens is 1. The van der Waals surface area contributed by atoms with Crippen molar-refractivity contribution in [1.29, 1.82) is 0 Å². The average Bonchev–Trinajstić information content (AvgIpc) is 2.17. The number of rotatable bonds is 3. The van der Waals surface area contributed by atoms with Crippen LogP contribution in [0.1, 0.15) is 19.4 Å². The molecule has 0 saturated heterocycles. The fourth-order valence-corrected chi connectivity index (χ4v) is 1.60. The number of hydrogen-bond donors (Lipinski definition) is 0. The van der Waals surface area contributed by atoms with Gasteiger partial charge in [-0.1, -0.05) is 6.07 Å². The van der Waals surface area contributed by atoms with Crippen molar-refractivity contribution in [3.63, 3.8) is 0 Å². The van der Waals surface area contributed by atoms with Crippen molar-refractivity contribution in [2.75, 3.05) is 0 Å². The van der Waals surface area contributed by atoms with E-state index in [2.05, 4.69) is 20.9 Å². The highest BCUT2D eigenvalue weighted by atomic mass is 79.9. The molecule has 0 aliphatic rings. The van der Waals surface area contributed by atoms with E-state index in [1.54, 1.807) is 26.0 Å². The highest BCUT2D eigenvalue weighted by Crippen LogP contribution is 2.32. The molecule has 0 unspecified atom stereocenters. The molecule has 0 radical (unpaired) electrons. The summed E-state index contributed by atoms with van der Waals surface area (Å²) >= 11 is 3.09. The third-order valence-electron chi connectivity index (χ3n) is 2.17. The van der Waals surface area contributed by atoms with Gasteiger partial charge in [0.1, 0.15) is 0 Å². The SMILES string of the molecule is CC(C)(N=C=O)c1ccc(Br)c([N+](=O)[O-])c1. The van der Waals surface area contributed by atoms with E-state index < -0.39 is 10.5 Å². The van der Waals surface area contributed by atoms with E-state index >= 15 is 0 Å². The zero-order chi connectivity index (χ0) is 12.3. The van der Waals surface area contributed by atoms with Crippen LogP contribution in [0.15, 0.2) is 27.7 Å². The molecular weight excluding hydrogens is 276 g/mol. The molecule has 6 heteroatoms. The minimum absolute atomic E-state index is 0.0494. The van der Waals surface area contributed by atoms with Gasteiger partial charge in [0.2, 0.25) is 6.08 Å². The van der Waals surface area contributed by atoms with E-state index in [1.165, 1.54) is 12.1 Å². The van der Waals surface area contributed by atoms with Gasteiger partial charge in [0.25, 0.3) is 5.69 Å². The second-order valence-corrected chi connectivity index (χ2v) is 4.54. The van der Waals surface area contributed by atoms with E-state index in [4.69, 9.17) is 0 Å². The Balaban J connectivity index is 3.32. The lowest BCUT2D eigenvalue weighted by Crippen LogP contribution is -2.13. The molecule has 0 saturated carbocycles. The molecule has 0 aliphatic heterocycles. The van der Waals surface area contributed by atoms with Gasteiger partial charge < -0.3 is 0 Å². The second kappa shape index (κ2) is 4.55. The highest BCUT2D eigenvalue weighted by Gasteiger charge is 2.23. The normalized spacial score (nSPS) is 10.7. The predicted molar refractivity (Wildman–Crippen MR) is 61.9 cm³/mol. The molecule has 0 atom stereocenters. The Bertz CT molecular complexity index is 479. The summed E-state index contributed by atoms with van der Waals surface area (Å²) in [5.74, 6) is 0. The molecule has 0 aliphatic carbocycles. The van der Waals surface area contributed by atoms with Crippen LogP contribution < -0.4 is 0 Å². The Hall–Kier alpha value is -1.52. The zero-order valence-electron chi connectivity index (χ0n) is 8.73. The molecule has 0 aromatic heterocycles. The van der Waals surface area contributed by atoms with E-state index in [0.29, 0.717) is 10.0 Å². The van der Waals surface area contributed by atoms with Gasteiger partial charge in [0.05, 0.1) is 14.9 Å². The number of isocyanates is 1. The van der Waals surface area contributed by atoms with Crippen molar-refractivity contribution in [1.82, 2.24) is 0 Å². The molecule has 0 spiro atoms. The third kappa shape index (κ3) is 2.53. The number of aliphatic imine (C=N–C) groups is 1. The van der Waals surface area contributed by atoms with Gasteiger partial charge in [-0.25, -0.2) is 4.79 Å². The zero-order valence-corrected chi connectivity index (χ0v) is 10.3. The van der Waals surface area contributed by atoms with Crippen molar-refractivity contribution in [3.05, 3.63) is 38.3 Å². The highest BCUT2D eigenvalue weighted by molar-refractivity contribution is 9.10. The molecule has 0 amide bonds. The van der Waals surface area contributed by atoms with Crippen molar-refractivity contribution in [2.45, 2.75) is 19.4 Å². The van der Waals surface area contributed by atoms with Crippen LogP contribution in [-0.2, 0) is 10.3 Å². The minimum atomic E-state index is -0.812. The van der Waals surface area contributed by atoms with E-state index in [1.807, 2.05) is 0 Å². The van der Waals surface area contributed by atoms with Gasteiger partial charge in [0.15, 0.2) is 0 Å². The monoisotopic (exact) mass is 284 g/mol. The lowest BCUT2D eigenvalue weighted by atomic mass is 9.95. The van der Waals surface area contributed by atoms with Crippen LogP contribution in [0.5, 0.6) is 0 Å². The number of benzene rings is 1. The summed E-state index contributed by atoms with van der Waals surface area (Å²) in [6.07, 6.45) is 1.46. The van der Waals surface area contributed by atoms with Crippen LogP contribution in [0.3, 0.4) is 0 Å². The molecule has 1 aromatic rings. The quantitative estimate of drug-likeness (QED) is 0.371. The standard InChI is InChI=1S/C10H9BrN2O3/c1-10(2,12-6-14)7-3-4-8(11)9(5-7)13(15)16/h3-5H,1-2H3. The molecule has 0 fully saturated rings. The maximum absolute atomic E-state index is 10.7.